The second-order valence-electron chi connectivity index (χ2n) is 4.22. The van der Waals surface area contributed by atoms with Gasteiger partial charge in [0.25, 0.3) is 0 Å². The summed E-state index contributed by atoms with van der Waals surface area (Å²) in [6.45, 7) is 2.03. The summed E-state index contributed by atoms with van der Waals surface area (Å²) in [5.74, 6) is 1.08. The number of aromatic nitrogens is 1. The van der Waals surface area contributed by atoms with Crippen molar-refractivity contribution < 1.29 is 4.52 Å². The molecule has 3 aromatic rings. The fourth-order valence-corrected chi connectivity index (χ4v) is 3.08. The lowest BCUT2D eigenvalue weighted by Crippen LogP contribution is -1.88. The molecule has 0 saturated heterocycles. The first-order valence-electron chi connectivity index (χ1n) is 5.72. The molecule has 3 nitrogen and oxygen atoms in total. The minimum absolute atomic E-state index is 0.380. The number of rotatable bonds is 2. The number of anilines is 1. The average Bonchev–Trinajstić information content (AvgIpc) is 2.95. The van der Waals surface area contributed by atoms with Gasteiger partial charge >= 0.3 is 0 Å². The largest absolute Gasteiger partial charge is 0.380 e. The van der Waals surface area contributed by atoms with E-state index in [9.17, 15) is 0 Å². The number of hydrogen-bond donors (Lipinski definition) is 1. The molecule has 0 bridgehead atoms. The molecule has 2 N–H and O–H groups in total. The first kappa shape index (κ1) is 12.3. The normalized spacial score (nSPS) is 10.8. The standard InChI is InChI=1S/C14H11ClN2OS/c1-8-5-6-19-13(8)12-11(14(16)17-18-12)9-3-2-4-10(15)7-9/h2-7H,1H3,(H2,16,17). The van der Waals surface area contributed by atoms with Crippen molar-refractivity contribution in [1.29, 1.82) is 0 Å². The van der Waals surface area contributed by atoms with Crippen molar-refractivity contribution in [3.05, 3.63) is 46.3 Å². The first-order chi connectivity index (χ1) is 9.16. The molecule has 5 heteroatoms. The van der Waals surface area contributed by atoms with E-state index < -0.39 is 0 Å². The van der Waals surface area contributed by atoms with Gasteiger partial charge in [0, 0.05) is 5.02 Å². The first-order valence-corrected chi connectivity index (χ1v) is 6.98. The zero-order valence-electron chi connectivity index (χ0n) is 10.2. The lowest BCUT2D eigenvalue weighted by Gasteiger charge is -2.02. The van der Waals surface area contributed by atoms with E-state index in [0.717, 1.165) is 21.6 Å². The van der Waals surface area contributed by atoms with E-state index in [2.05, 4.69) is 5.16 Å². The van der Waals surface area contributed by atoms with Crippen molar-refractivity contribution in [2.45, 2.75) is 6.92 Å². The number of nitrogens with two attached hydrogens (primary N) is 1. The molecule has 0 aliphatic rings. The van der Waals surface area contributed by atoms with Gasteiger partial charge in [-0.1, -0.05) is 28.9 Å². The van der Waals surface area contributed by atoms with Gasteiger partial charge in [-0.05, 0) is 41.6 Å². The molecule has 0 spiro atoms. The van der Waals surface area contributed by atoms with E-state index in [1.54, 1.807) is 11.3 Å². The van der Waals surface area contributed by atoms with Gasteiger partial charge in [0.1, 0.15) is 0 Å². The highest BCUT2D eigenvalue weighted by molar-refractivity contribution is 7.13. The molecular formula is C14H11ClN2OS. The zero-order chi connectivity index (χ0) is 13.4. The third-order valence-electron chi connectivity index (χ3n) is 2.90. The van der Waals surface area contributed by atoms with Crippen LogP contribution in [-0.2, 0) is 0 Å². The minimum atomic E-state index is 0.380. The highest BCUT2D eigenvalue weighted by Gasteiger charge is 2.20. The van der Waals surface area contributed by atoms with E-state index >= 15 is 0 Å². The SMILES string of the molecule is Cc1ccsc1-c1onc(N)c1-c1cccc(Cl)c1. The zero-order valence-corrected chi connectivity index (χ0v) is 11.8. The summed E-state index contributed by atoms with van der Waals surface area (Å²) >= 11 is 7.64. The number of benzene rings is 1. The quantitative estimate of drug-likeness (QED) is 0.749. The van der Waals surface area contributed by atoms with Gasteiger partial charge in [-0.3, -0.25) is 0 Å². The molecule has 1 aromatic carbocycles. The average molecular weight is 291 g/mol. The summed E-state index contributed by atoms with van der Waals surface area (Å²) in [4.78, 5) is 1.04. The molecule has 0 unspecified atom stereocenters. The Labute approximate surface area is 119 Å². The van der Waals surface area contributed by atoms with Crippen molar-refractivity contribution in [3.63, 3.8) is 0 Å². The van der Waals surface area contributed by atoms with Gasteiger partial charge in [-0.25, -0.2) is 0 Å². The van der Waals surface area contributed by atoms with Gasteiger partial charge in [-0.15, -0.1) is 11.3 Å². The summed E-state index contributed by atoms with van der Waals surface area (Å²) in [6.07, 6.45) is 0. The van der Waals surface area contributed by atoms with Gasteiger partial charge in [0.15, 0.2) is 11.6 Å². The molecular weight excluding hydrogens is 280 g/mol. The van der Waals surface area contributed by atoms with E-state index in [1.165, 1.54) is 0 Å². The number of aryl methyl sites for hydroxylation is 1. The maximum Gasteiger partial charge on any atom is 0.187 e. The Morgan fingerprint density at radius 3 is 2.84 bits per heavy atom. The molecule has 0 amide bonds. The number of nitrogen functional groups attached to an aromatic ring is 1. The fourth-order valence-electron chi connectivity index (χ4n) is 1.99. The monoisotopic (exact) mass is 290 g/mol. The Morgan fingerprint density at radius 2 is 2.16 bits per heavy atom. The van der Waals surface area contributed by atoms with Gasteiger partial charge in [-0.2, -0.15) is 0 Å². The van der Waals surface area contributed by atoms with E-state index in [1.807, 2.05) is 42.6 Å². The smallest absolute Gasteiger partial charge is 0.187 e. The lowest BCUT2D eigenvalue weighted by molar-refractivity contribution is 0.437. The van der Waals surface area contributed by atoms with Gasteiger partial charge < -0.3 is 10.3 Å². The third kappa shape index (κ3) is 2.13. The molecule has 0 fully saturated rings. The maximum atomic E-state index is 6.03. The summed E-state index contributed by atoms with van der Waals surface area (Å²) in [7, 11) is 0. The summed E-state index contributed by atoms with van der Waals surface area (Å²) in [5.41, 5.74) is 8.79. The van der Waals surface area contributed by atoms with Crippen LogP contribution >= 0.6 is 22.9 Å². The van der Waals surface area contributed by atoms with Crippen molar-refractivity contribution in [1.82, 2.24) is 5.16 Å². The molecule has 0 atom stereocenters. The van der Waals surface area contributed by atoms with Crippen molar-refractivity contribution in [3.8, 4) is 21.8 Å². The van der Waals surface area contributed by atoms with Crippen LogP contribution in [0.15, 0.2) is 40.2 Å². The van der Waals surface area contributed by atoms with Crippen molar-refractivity contribution in [2.24, 2.45) is 0 Å². The van der Waals surface area contributed by atoms with E-state index in [0.29, 0.717) is 16.6 Å². The number of nitrogens with zero attached hydrogens (tertiary/aromatic N) is 1. The fraction of sp³-hybridized carbons (Fsp3) is 0.0714. The van der Waals surface area contributed by atoms with Crippen LogP contribution in [0.4, 0.5) is 5.82 Å². The highest BCUT2D eigenvalue weighted by Crippen LogP contribution is 2.40. The molecule has 3 rings (SSSR count). The Morgan fingerprint density at radius 1 is 1.32 bits per heavy atom. The topological polar surface area (TPSA) is 52.0 Å². The second kappa shape index (κ2) is 4.72. The number of halogens is 1. The molecule has 96 valence electrons. The minimum Gasteiger partial charge on any atom is -0.380 e. The number of thiophene rings is 1. The molecule has 0 saturated carbocycles. The Kier molecular flexibility index (Phi) is 3.05. The van der Waals surface area contributed by atoms with E-state index in [-0.39, 0.29) is 0 Å². The van der Waals surface area contributed by atoms with Crippen molar-refractivity contribution in [2.75, 3.05) is 5.73 Å². The van der Waals surface area contributed by atoms with Crippen LogP contribution in [0.3, 0.4) is 0 Å². The molecule has 19 heavy (non-hydrogen) atoms. The van der Waals surface area contributed by atoms with Gasteiger partial charge in [0.2, 0.25) is 0 Å². The van der Waals surface area contributed by atoms with Crippen LogP contribution in [0.5, 0.6) is 0 Å². The Bertz CT molecular complexity index is 733. The molecule has 2 aromatic heterocycles. The third-order valence-corrected chi connectivity index (χ3v) is 4.15. The molecule has 0 aliphatic carbocycles. The number of hydrogen-bond acceptors (Lipinski definition) is 4. The predicted octanol–water partition coefficient (Wildman–Crippen LogP) is 4.61. The second-order valence-corrected chi connectivity index (χ2v) is 5.57. The maximum absolute atomic E-state index is 6.03. The lowest BCUT2D eigenvalue weighted by atomic mass is 10.0. The Hall–Kier alpha value is -1.78. The molecule has 2 heterocycles. The summed E-state index contributed by atoms with van der Waals surface area (Å²) in [5, 5.41) is 6.56. The van der Waals surface area contributed by atoms with Crippen LogP contribution in [-0.4, -0.2) is 5.16 Å². The van der Waals surface area contributed by atoms with Crippen LogP contribution in [0.25, 0.3) is 21.8 Å². The van der Waals surface area contributed by atoms with Crippen LogP contribution in [0.1, 0.15) is 5.56 Å². The van der Waals surface area contributed by atoms with Crippen molar-refractivity contribution >= 4 is 28.8 Å². The summed E-state index contributed by atoms with van der Waals surface area (Å²) < 4.78 is 5.41. The van der Waals surface area contributed by atoms with E-state index in [4.69, 9.17) is 21.9 Å². The van der Waals surface area contributed by atoms with Crippen LogP contribution in [0.2, 0.25) is 5.02 Å². The Balaban J connectivity index is 2.22. The highest BCUT2D eigenvalue weighted by atomic mass is 35.5. The summed E-state index contributed by atoms with van der Waals surface area (Å²) in [6, 6.07) is 9.55. The molecule has 0 aliphatic heterocycles. The van der Waals surface area contributed by atoms with Crippen LogP contribution in [0, 0.1) is 6.92 Å². The molecule has 0 radical (unpaired) electrons. The van der Waals surface area contributed by atoms with Gasteiger partial charge in [0.05, 0.1) is 10.4 Å². The predicted molar refractivity (Wildman–Crippen MR) is 79.4 cm³/mol. The van der Waals surface area contributed by atoms with Crippen LogP contribution < -0.4 is 5.73 Å².